The zero-order valence-electron chi connectivity index (χ0n) is 12.6. The van der Waals surface area contributed by atoms with Crippen molar-refractivity contribution in [3.8, 4) is 5.75 Å². The zero-order valence-corrected chi connectivity index (χ0v) is 13.4. The van der Waals surface area contributed by atoms with Crippen molar-refractivity contribution in [2.75, 3.05) is 13.2 Å². The Morgan fingerprint density at radius 1 is 1.18 bits per heavy atom. The van der Waals surface area contributed by atoms with Crippen LogP contribution in [0.3, 0.4) is 0 Å². The molecule has 0 unspecified atom stereocenters. The summed E-state index contributed by atoms with van der Waals surface area (Å²) in [5.41, 5.74) is 0.473. The minimum absolute atomic E-state index is 0.0308. The van der Waals surface area contributed by atoms with Crippen molar-refractivity contribution in [3.63, 3.8) is 0 Å². The second-order valence-corrected chi connectivity index (χ2v) is 4.88. The van der Waals surface area contributed by atoms with Gasteiger partial charge >= 0.3 is 5.97 Å². The van der Waals surface area contributed by atoms with E-state index in [1.54, 1.807) is 25.1 Å². The minimum Gasteiger partial charge on any atom is -0.481 e. The van der Waals surface area contributed by atoms with Gasteiger partial charge in [0.2, 0.25) is 0 Å². The zero-order chi connectivity index (χ0) is 16.7. The maximum atomic E-state index is 11.5. The van der Waals surface area contributed by atoms with Crippen LogP contribution in [0.4, 0.5) is 0 Å². The lowest BCUT2D eigenvalue weighted by atomic mass is 10.0. The van der Waals surface area contributed by atoms with Crippen molar-refractivity contribution >= 4 is 35.2 Å². The third-order valence-electron chi connectivity index (χ3n) is 2.68. The van der Waals surface area contributed by atoms with Crippen LogP contribution in [-0.2, 0) is 19.1 Å². The van der Waals surface area contributed by atoms with E-state index in [1.807, 2.05) is 0 Å². The summed E-state index contributed by atoms with van der Waals surface area (Å²) in [5, 5.41) is 0.418. The van der Waals surface area contributed by atoms with Gasteiger partial charge in [0.25, 0.3) is 0 Å². The van der Waals surface area contributed by atoms with Crippen molar-refractivity contribution in [1.82, 2.24) is 0 Å². The number of hydrogen-bond acceptors (Lipinski definition) is 5. The monoisotopic (exact) mass is 324 g/mol. The third kappa shape index (κ3) is 5.33. The standard InChI is InChI=1S/C16H17ClO5/c1-4-21-16(20)9-22-15-6-5-13(17)7-12(15)8-14(10(2)18)11(3)19/h5-8H,4,9H2,1-3H3. The first-order chi connectivity index (χ1) is 10.3. The van der Waals surface area contributed by atoms with Crippen LogP contribution in [0.5, 0.6) is 5.75 Å². The molecule has 5 nitrogen and oxygen atoms in total. The smallest absolute Gasteiger partial charge is 0.344 e. The summed E-state index contributed by atoms with van der Waals surface area (Å²) in [6.45, 7) is 4.29. The second-order valence-electron chi connectivity index (χ2n) is 4.45. The Hall–Kier alpha value is -2.14. The number of Topliss-reactive ketones (excluding diaryl/α,β-unsaturated/α-hetero) is 2. The first-order valence-corrected chi connectivity index (χ1v) is 7.04. The van der Waals surface area contributed by atoms with E-state index in [9.17, 15) is 14.4 Å². The van der Waals surface area contributed by atoms with Crippen molar-refractivity contribution in [1.29, 1.82) is 0 Å². The molecule has 0 amide bonds. The molecular formula is C16H17ClO5. The van der Waals surface area contributed by atoms with Gasteiger partial charge < -0.3 is 9.47 Å². The molecule has 22 heavy (non-hydrogen) atoms. The van der Waals surface area contributed by atoms with Gasteiger partial charge in [-0.15, -0.1) is 0 Å². The van der Waals surface area contributed by atoms with Gasteiger partial charge in [-0.3, -0.25) is 9.59 Å². The molecule has 1 rings (SSSR count). The van der Waals surface area contributed by atoms with E-state index in [0.717, 1.165) is 0 Å². The van der Waals surface area contributed by atoms with Crippen LogP contribution in [0.2, 0.25) is 5.02 Å². The Labute approximate surface area is 133 Å². The van der Waals surface area contributed by atoms with E-state index in [-0.39, 0.29) is 30.4 Å². The average molecular weight is 325 g/mol. The highest BCUT2D eigenvalue weighted by molar-refractivity contribution is 6.31. The highest BCUT2D eigenvalue weighted by atomic mass is 35.5. The predicted molar refractivity (Wildman–Crippen MR) is 82.9 cm³/mol. The number of allylic oxidation sites excluding steroid dienone is 1. The van der Waals surface area contributed by atoms with Gasteiger partial charge in [0.15, 0.2) is 18.2 Å². The lowest BCUT2D eigenvalue weighted by molar-refractivity contribution is -0.145. The molecule has 0 saturated carbocycles. The Morgan fingerprint density at radius 2 is 1.82 bits per heavy atom. The summed E-state index contributed by atoms with van der Waals surface area (Å²) in [4.78, 5) is 34.3. The van der Waals surface area contributed by atoms with E-state index in [0.29, 0.717) is 16.3 Å². The number of ketones is 2. The Bertz CT molecular complexity index is 603. The maximum absolute atomic E-state index is 11.5. The van der Waals surface area contributed by atoms with E-state index < -0.39 is 5.97 Å². The molecule has 0 atom stereocenters. The normalized spacial score (nSPS) is 9.82. The molecule has 0 bridgehead atoms. The molecule has 118 valence electrons. The van der Waals surface area contributed by atoms with Crippen LogP contribution in [0, 0.1) is 0 Å². The molecule has 0 aliphatic heterocycles. The molecule has 0 spiro atoms. The topological polar surface area (TPSA) is 69.7 Å². The van der Waals surface area contributed by atoms with E-state index in [1.165, 1.54) is 19.9 Å². The molecule has 0 aromatic heterocycles. The molecule has 0 N–H and O–H groups in total. The van der Waals surface area contributed by atoms with Crippen LogP contribution in [0.25, 0.3) is 6.08 Å². The fourth-order valence-corrected chi connectivity index (χ4v) is 1.89. The van der Waals surface area contributed by atoms with Crippen molar-refractivity contribution in [2.45, 2.75) is 20.8 Å². The molecule has 1 aromatic rings. The largest absolute Gasteiger partial charge is 0.481 e. The molecule has 0 fully saturated rings. The number of carbonyl (C=O) groups excluding carboxylic acids is 3. The number of benzene rings is 1. The fraction of sp³-hybridized carbons (Fsp3) is 0.312. The van der Waals surface area contributed by atoms with E-state index in [2.05, 4.69) is 0 Å². The van der Waals surface area contributed by atoms with Crippen LogP contribution in [-0.4, -0.2) is 30.7 Å². The number of halogens is 1. The average Bonchev–Trinajstić information content (AvgIpc) is 2.43. The number of hydrogen-bond donors (Lipinski definition) is 0. The van der Waals surface area contributed by atoms with Crippen LogP contribution in [0.1, 0.15) is 26.3 Å². The maximum Gasteiger partial charge on any atom is 0.344 e. The Kier molecular flexibility index (Phi) is 6.79. The SMILES string of the molecule is CCOC(=O)COc1ccc(Cl)cc1C=C(C(C)=O)C(C)=O. The first-order valence-electron chi connectivity index (χ1n) is 6.66. The molecule has 0 aliphatic rings. The van der Waals surface area contributed by atoms with Gasteiger partial charge in [-0.2, -0.15) is 0 Å². The lowest BCUT2D eigenvalue weighted by Gasteiger charge is -2.10. The quantitative estimate of drug-likeness (QED) is 0.334. The van der Waals surface area contributed by atoms with E-state index >= 15 is 0 Å². The van der Waals surface area contributed by atoms with Gasteiger partial charge in [0.1, 0.15) is 5.75 Å². The van der Waals surface area contributed by atoms with Gasteiger partial charge in [-0.25, -0.2) is 4.79 Å². The summed E-state index contributed by atoms with van der Waals surface area (Å²) >= 11 is 5.93. The lowest BCUT2D eigenvalue weighted by Crippen LogP contribution is -2.15. The molecule has 0 radical (unpaired) electrons. The number of esters is 1. The summed E-state index contributed by atoms with van der Waals surface area (Å²) in [6.07, 6.45) is 1.40. The van der Waals surface area contributed by atoms with Crippen molar-refractivity contribution < 1.29 is 23.9 Å². The molecule has 0 saturated heterocycles. The number of ether oxygens (including phenoxy) is 2. The van der Waals surface area contributed by atoms with Gasteiger partial charge in [0.05, 0.1) is 12.2 Å². The second kappa shape index (κ2) is 8.34. The van der Waals surface area contributed by atoms with Crippen molar-refractivity contribution in [2.24, 2.45) is 0 Å². The summed E-state index contributed by atoms with van der Waals surface area (Å²) in [7, 11) is 0. The van der Waals surface area contributed by atoms with Gasteiger partial charge in [0, 0.05) is 10.6 Å². The fourth-order valence-electron chi connectivity index (χ4n) is 1.71. The number of carbonyl (C=O) groups is 3. The molecular weight excluding hydrogens is 308 g/mol. The highest BCUT2D eigenvalue weighted by Gasteiger charge is 2.13. The van der Waals surface area contributed by atoms with Gasteiger partial charge in [-0.05, 0) is 45.0 Å². The predicted octanol–water partition coefficient (Wildman–Crippen LogP) is 2.84. The van der Waals surface area contributed by atoms with E-state index in [4.69, 9.17) is 21.1 Å². The molecule has 1 aromatic carbocycles. The third-order valence-corrected chi connectivity index (χ3v) is 2.92. The molecule has 0 aliphatic carbocycles. The minimum atomic E-state index is -0.509. The number of rotatable bonds is 7. The van der Waals surface area contributed by atoms with Crippen LogP contribution < -0.4 is 4.74 Å². The van der Waals surface area contributed by atoms with Gasteiger partial charge in [-0.1, -0.05) is 11.6 Å². The highest BCUT2D eigenvalue weighted by Crippen LogP contribution is 2.25. The molecule has 6 heteroatoms. The summed E-state index contributed by atoms with van der Waals surface area (Å²) in [5.74, 6) is -0.893. The summed E-state index contributed by atoms with van der Waals surface area (Å²) < 4.78 is 10.1. The Morgan fingerprint density at radius 3 is 2.36 bits per heavy atom. The first kappa shape index (κ1) is 17.9. The van der Waals surface area contributed by atoms with Crippen LogP contribution in [0.15, 0.2) is 23.8 Å². The molecule has 0 heterocycles. The van der Waals surface area contributed by atoms with Crippen molar-refractivity contribution in [3.05, 3.63) is 34.4 Å². The Balaban J connectivity index is 3.10. The van der Waals surface area contributed by atoms with Crippen LogP contribution >= 0.6 is 11.6 Å². The summed E-state index contributed by atoms with van der Waals surface area (Å²) in [6, 6.07) is 4.69.